The van der Waals surface area contributed by atoms with Gasteiger partial charge in [0.15, 0.2) is 0 Å². The minimum atomic E-state index is -0.00472. The SMILES string of the molecule is O=C(CCNC1CC1)Nc1nncs1. The smallest absolute Gasteiger partial charge is 0.227 e. The Morgan fingerprint density at radius 3 is 3.14 bits per heavy atom. The van der Waals surface area contributed by atoms with Gasteiger partial charge >= 0.3 is 0 Å². The van der Waals surface area contributed by atoms with E-state index in [1.807, 2.05) is 0 Å². The van der Waals surface area contributed by atoms with Gasteiger partial charge < -0.3 is 10.6 Å². The van der Waals surface area contributed by atoms with Crippen LogP contribution in [0.15, 0.2) is 5.51 Å². The first kappa shape index (κ1) is 9.54. The van der Waals surface area contributed by atoms with E-state index in [2.05, 4.69) is 20.8 Å². The fourth-order valence-corrected chi connectivity index (χ4v) is 1.55. The molecule has 0 radical (unpaired) electrons. The van der Waals surface area contributed by atoms with Crippen LogP contribution in [0.3, 0.4) is 0 Å². The first-order valence-corrected chi connectivity index (χ1v) is 5.52. The zero-order valence-corrected chi connectivity index (χ0v) is 8.51. The van der Waals surface area contributed by atoms with Crippen LogP contribution >= 0.6 is 11.3 Å². The van der Waals surface area contributed by atoms with Crippen molar-refractivity contribution in [2.75, 3.05) is 11.9 Å². The highest BCUT2D eigenvalue weighted by Crippen LogP contribution is 2.18. The van der Waals surface area contributed by atoms with Crippen molar-refractivity contribution in [2.24, 2.45) is 0 Å². The second kappa shape index (κ2) is 4.47. The highest BCUT2D eigenvalue weighted by Gasteiger charge is 2.20. The molecule has 1 saturated carbocycles. The van der Waals surface area contributed by atoms with Crippen LogP contribution in [0, 0.1) is 0 Å². The molecule has 76 valence electrons. The van der Waals surface area contributed by atoms with Crippen molar-refractivity contribution in [3.8, 4) is 0 Å². The molecule has 0 atom stereocenters. The van der Waals surface area contributed by atoms with Gasteiger partial charge in [-0.1, -0.05) is 11.3 Å². The normalized spacial score (nSPS) is 15.4. The molecule has 2 N–H and O–H groups in total. The molecule has 5 nitrogen and oxygen atoms in total. The highest BCUT2D eigenvalue weighted by molar-refractivity contribution is 7.13. The van der Waals surface area contributed by atoms with E-state index in [0.29, 0.717) is 17.6 Å². The Kier molecular flexibility index (Phi) is 3.05. The van der Waals surface area contributed by atoms with Crippen LogP contribution in [0.5, 0.6) is 0 Å². The molecule has 0 aromatic carbocycles. The van der Waals surface area contributed by atoms with E-state index < -0.39 is 0 Å². The summed E-state index contributed by atoms with van der Waals surface area (Å²) in [5.74, 6) is -0.00472. The molecule has 0 unspecified atom stereocenters. The van der Waals surface area contributed by atoms with Gasteiger partial charge in [-0.2, -0.15) is 0 Å². The molecular formula is C8H12N4OS. The van der Waals surface area contributed by atoms with Gasteiger partial charge in [0.05, 0.1) is 0 Å². The fraction of sp³-hybridized carbons (Fsp3) is 0.625. The minimum Gasteiger partial charge on any atom is -0.313 e. The van der Waals surface area contributed by atoms with Gasteiger partial charge in [-0.15, -0.1) is 10.2 Å². The van der Waals surface area contributed by atoms with Crippen LogP contribution in [0.4, 0.5) is 5.13 Å². The summed E-state index contributed by atoms with van der Waals surface area (Å²) in [5, 5.41) is 13.9. The van der Waals surface area contributed by atoms with E-state index in [1.165, 1.54) is 24.2 Å². The predicted octanol–water partition coefficient (Wildman–Crippen LogP) is 0.619. The summed E-state index contributed by atoms with van der Waals surface area (Å²) in [7, 11) is 0. The molecular weight excluding hydrogens is 200 g/mol. The molecule has 0 bridgehead atoms. The third-order valence-corrected chi connectivity index (χ3v) is 2.58. The van der Waals surface area contributed by atoms with Crippen molar-refractivity contribution in [3.63, 3.8) is 0 Å². The summed E-state index contributed by atoms with van der Waals surface area (Å²) < 4.78 is 0. The number of nitrogens with zero attached hydrogens (tertiary/aromatic N) is 2. The van der Waals surface area contributed by atoms with Crippen LogP contribution in [0.25, 0.3) is 0 Å². The number of anilines is 1. The topological polar surface area (TPSA) is 66.9 Å². The van der Waals surface area contributed by atoms with Crippen LogP contribution < -0.4 is 10.6 Å². The molecule has 1 aliphatic carbocycles. The van der Waals surface area contributed by atoms with E-state index in [-0.39, 0.29) is 5.91 Å². The van der Waals surface area contributed by atoms with Crippen molar-refractivity contribution in [1.82, 2.24) is 15.5 Å². The average Bonchev–Trinajstić information content (AvgIpc) is 2.83. The average molecular weight is 212 g/mol. The molecule has 1 aromatic heterocycles. The van der Waals surface area contributed by atoms with E-state index in [9.17, 15) is 4.79 Å². The Hall–Kier alpha value is -1.01. The maximum Gasteiger partial charge on any atom is 0.227 e. The van der Waals surface area contributed by atoms with Crippen LogP contribution in [-0.2, 0) is 4.79 Å². The fourth-order valence-electron chi connectivity index (χ4n) is 1.09. The molecule has 0 spiro atoms. The Bertz CT molecular complexity index is 296. The highest BCUT2D eigenvalue weighted by atomic mass is 32.1. The molecule has 0 aliphatic heterocycles. The summed E-state index contributed by atoms with van der Waals surface area (Å²) >= 11 is 1.33. The van der Waals surface area contributed by atoms with Crippen LogP contribution in [0.2, 0.25) is 0 Å². The lowest BCUT2D eigenvalue weighted by Gasteiger charge is -2.01. The van der Waals surface area contributed by atoms with Crippen LogP contribution in [-0.4, -0.2) is 28.7 Å². The molecule has 0 saturated heterocycles. The molecule has 1 heterocycles. The zero-order chi connectivity index (χ0) is 9.80. The van der Waals surface area contributed by atoms with E-state index in [0.717, 1.165) is 6.54 Å². The molecule has 1 amide bonds. The maximum absolute atomic E-state index is 11.3. The lowest BCUT2D eigenvalue weighted by molar-refractivity contribution is -0.116. The summed E-state index contributed by atoms with van der Waals surface area (Å²) in [5.41, 5.74) is 1.60. The summed E-state index contributed by atoms with van der Waals surface area (Å²) in [6, 6.07) is 0.657. The molecule has 2 rings (SSSR count). The standard InChI is InChI=1S/C8H12N4OS/c13-7(3-4-9-6-1-2-6)11-8-12-10-5-14-8/h5-6,9H,1-4H2,(H,11,12,13). The second-order valence-corrected chi connectivity index (χ2v) is 4.10. The third kappa shape index (κ3) is 3.04. The third-order valence-electron chi connectivity index (χ3n) is 1.97. The van der Waals surface area contributed by atoms with Gasteiger partial charge in [0, 0.05) is 19.0 Å². The van der Waals surface area contributed by atoms with Gasteiger partial charge in [-0.05, 0) is 12.8 Å². The molecule has 14 heavy (non-hydrogen) atoms. The zero-order valence-electron chi connectivity index (χ0n) is 7.69. The first-order valence-electron chi connectivity index (χ1n) is 4.64. The number of carbonyl (C=O) groups is 1. The number of amides is 1. The monoisotopic (exact) mass is 212 g/mol. The van der Waals surface area contributed by atoms with E-state index in [4.69, 9.17) is 0 Å². The van der Waals surface area contributed by atoms with Crippen LogP contribution in [0.1, 0.15) is 19.3 Å². The lowest BCUT2D eigenvalue weighted by atomic mass is 10.4. The van der Waals surface area contributed by atoms with Crippen molar-refractivity contribution in [3.05, 3.63) is 5.51 Å². The summed E-state index contributed by atoms with van der Waals surface area (Å²) in [6.45, 7) is 0.745. The predicted molar refractivity (Wildman–Crippen MR) is 54.2 cm³/mol. The molecule has 6 heteroatoms. The Balaban J connectivity index is 1.62. The molecule has 1 aromatic rings. The van der Waals surface area contributed by atoms with Gasteiger partial charge in [0.25, 0.3) is 0 Å². The summed E-state index contributed by atoms with van der Waals surface area (Å²) in [6.07, 6.45) is 2.99. The minimum absolute atomic E-state index is 0.00472. The Morgan fingerprint density at radius 2 is 2.50 bits per heavy atom. The van der Waals surface area contributed by atoms with E-state index in [1.54, 1.807) is 5.51 Å². The van der Waals surface area contributed by atoms with Crippen molar-refractivity contribution in [2.45, 2.75) is 25.3 Å². The maximum atomic E-state index is 11.3. The number of nitrogens with one attached hydrogen (secondary N) is 2. The van der Waals surface area contributed by atoms with Gasteiger partial charge in [-0.3, -0.25) is 4.79 Å². The van der Waals surface area contributed by atoms with E-state index >= 15 is 0 Å². The number of hydrogen-bond acceptors (Lipinski definition) is 5. The molecule has 1 fully saturated rings. The number of rotatable bonds is 5. The lowest BCUT2D eigenvalue weighted by Crippen LogP contribution is -2.23. The van der Waals surface area contributed by atoms with Gasteiger partial charge in [0.2, 0.25) is 11.0 Å². The molecule has 1 aliphatic rings. The number of aromatic nitrogens is 2. The quantitative estimate of drug-likeness (QED) is 0.750. The van der Waals surface area contributed by atoms with Gasteiger partial charge in [-0.25, -0.2) is 0 Å². The van der Waals surface area contributed by atoms with Crippen molar-refractivity contribution < 1.29 is 4.79 Å². The Morgan fingerprint density at radius 1 is 1.64 bits per heavy atom. The number of hydrogen-bond donors (Lipinski definition) is 2. The largest absolute Gasteiger partial charge is 0.313 e. The van der Waals surface area contributed by atoms with Crippen molar-refractivity contribution in [1.29, 1.82) is 0 Å². The second-order valence-electron chi connectivity index (χ2n) is 3.27. The summed E-state index contributed by atoms with van der Waals surface area (Å²) in [4.78, 5) is 11.3. The number of carbonyl (C=O) groups excluding carboxylic acids is 1. The van der Waals surface area contributed by atoms with Gasteiger partial charge in [0.1, 0.15) is 5.51 Å². The Labute approximate surface area is 85.9 Å². The van der Waals surface area contributed by atoms with Crippen molar-refractivity contribution >= 4 is 22.4 Å². The first-order chi connectivity index (χ1) is 6.84.